The van der Waals surface area contributed by atoms with Gasteiger partial charge in [-0.05, 0) is 30.5 Å². The van der Waals surface area contributed by atoms with Crippen molar-refractivity contribution in [1.82, 2.24) is 0 Å². The fraction of sp³-hybridized carbons (Fsp3) is 0.533. The van der Waals surface area contributed by atoms with E-state index in [1.54, 1.807) is 14.2 Å². The Morgan fingerprint density at radius 2 is 2.05 bits per heavy atom. The quantitative estimate of drug-likeness (QED) is 0.765. The molecular formula is C15H20O4. The minimum absolute atomic E-state index is 0.0585. The van der Waals surface area contributed by atoms with Gasteiger partial charge in [0.25, 0.3) is 0 Å². The topological polar surface area (TPSA) is 44.8 Å². The van der Waals surface area contributed by atoms with E-state index in [0.717, 1.165) is 37.9 Å². The van der Waals surface area contributed by atoms with Gasteiger partial charge in [-0.1, -0.05) is 6.07 Å². The highest BCUT2D eigenvalue weighted by Crippen LogP contribution is 2.36. The average Bonchev–Trinajstić information content (AvgIpc) is 2.47. The second kappa shape index (κ2) is 6.17. The molecule has 0 unspecified atom stereocenters. The van der Waals surface area contributed by atoms with Crippen molar-refractivity contribution in [2.24, 2.45) is 0 Å². The van der Waals surface area contributed by atoms with E-state index in [2.05, 4.69) is 0 Å². The van der Waals surface area contributed by atoms with Gasteiger partial charge < -0.3 is 14.2 Å². The molecule has 0 atom stereocenters. The molecule has 2 rings (SSSR count). The first-order valence-corrected chi connectivity index (χ1v) is 6.46. The maximum atomic E-state index is 11.1. The Morgan fingerprint density at radius 3 is 2.63 bits per heavy atom. The van der Waals surface area contributed by atoms with Crippen LogP contribution in [0.4, 0.5) is 0 Å². The molecule has 0 aromatic heterocycles. The van der Waals surface area contributed by atoms with E-state index < -0.39 is 0 Å². The molecule has 1 saturated heterocycles. The lowest BCUT2D eigenvalue weighted by atomic mass is 9.74. The third kappa shape index (κ3) is 2.80. The first-order valence-electron chi connectivity index (χ1n) is 6.46. The van der Waals surface area contributed by atoms with Gasteiger partial charge in [-0.3, -0.25) is 4.79 Å². The number of ether oxygens (including phenoxy) is 3. The van der Waals surface area contributed by atoms with Gasteiger partial charge in [-0.15, -0.1) is 0 Å². The Labute approximate surface area is 113 Å². The van der Waals surface area contributed by atoms with Crippen LogP contribution in [0.1, 0.15) is 28.8 Å². The minimum atomic E-state index is -0.0585. The molecule has 0 N–H and O–H groups in total. The van der Waals surface area contributed by atoms with Gasteiger partial charge in [-0.25, -0.2) is 0 Å². The number of carbonyl (C=O) groups excluding carboxylic acids is 1. The summed E-state index contributed by atoms with van der Waals surface area (Å²) in [5.41, 5.74) is 1.65. The van der Waals surface area contributed by atoms with Crippen molar-refractivity contribution in [2.75, 3.05) is 34.0 Å². The number of methoxy groups -OCH3 is 2. The van der Waals surface area contributed by atoms with Gasteiger partial charge in [0.1, 0.15) is 5.75 Å². The predicted octanol–water partition coefficient (Wildman–Crippen LogP) is 2.20. The van der Waals surface area contributed by atoms with Crippen molar-refractivity contribution in [3.8, 4) is 5.75 Å². The molecule has 0 amide bonds. The lowest BCUT2D eigenvalue weighted by Gasteiger charge is -2.37. The number of hydrogen-bond acceptors (Lipinski definition) is 4. The molecule has 0 spiro atoms. The zero-order chi connectivity index (χ0) is 13.7. The maximum absolute atomic E-state index is 11.1. The molecule has 1 fully saturated rings. The fourth-order valence-electron chi connectivity index (χ4n) is 2.71. The van der Waals surface area contributed by atoms with Crippen LogP contribution in [0, 0.1) is 0 Å². The molecule has 1 aromatic rings. The second-order valence-electron chi connectivity index (χ2n) is 4.90. The van der Waals surface area contributed by atoms with Crippen molar-refractivity contribution >= 4 is 6.29 Å². The van der Waals surface area contributed by atoms with Crippen LogP contribution in [-0.2, 0) is 14.9 Å². The molecule has 19 heavy (non-hydrogen) atoms. The zero-order valence-electron chi connectivity index (χ0n) is 11.5. The molecule has 4 heteroatoms. The Kier molecular flexibility index (Phi) is 4.56. The summed E-state index contributed by atoms with van der Waals surface area (Å²) < 4.78 is 16.0. The van der Waals surface area contributed by atoms with E-state index in [9.17, 15) is 4.79 Å². The highest BCUT2D eigenvalue weighted by atomic mass is 16.5. The lowest BCUT2D eigenvalue weighted by Crippen LogP contribution is -2.38. The molecule has 104 valence electrons. The molecule has 1 heterocycles. The van der Waals surface area contributed by atoms with Crippen LogP contribution in [-0.4, -0.2) is 40.3 Å². The van der Waals surface area contributed by atoms with Crippen LogP contribution in [0.15, 0.2) is 18.2 Å². The van der Waals surface area contributed by atoms with Crippen molar-refractivity contribution in [1.29, 1.82) is 0 Å². The van der Waals surface area contributed by atoms with Gasteiger partial charge >= 0.3 is 0 Å². The normalized spacial score (nSPS) is 18.0. The first-order chi connectivity index (χ1) is 9.25. The van der Waals surface area contributed by atoms with Crippen LogP contribution in [0.2, 0.25) is 0 Å². The van der Waals surface area contributed by atoms with Crippen molar-refractivity contribution in [2.45, 2.75) is 18.3 Å². The maximum Gasteiger partial charge on any atom is 0.153 e. The molecule has 1 aliphatic rings. The Hall–Kier alpha value is -1.39. The molecule has 0 saturated carbocycles. The summed E-state index contributed by atoms with van der Waals surface area (Å²) in [6, 6.07) is 5.79. The predicted molar refractivity (Wildman–Crippen MR) is 72.0 cm³/mol. The highest BCUT2D eigenvalue weighted by Gasteiger charge is 2.35. The Balaban J connectivity index is 2.38. The molecule has 0 bridgehead atoms. The van der Waals surface area contributed by atoms with Crippen LogP contribution >= 0.6 is 0 Å². The highest BCUT2D eigenvalue weighted by molar-refractivity contribution is 5.79. The van der Waals surface area contributed by atoms with E-state index in [0.29, 0.717) is 17.9 Å². The number of rotatable bonds is 5. The molecule has 0 aliphatic carbocycles. The third-order valence-electron chi connectivity index (χ3n) is 3.84. The largest absolute Gasteiger partial charge is 0.496 e. The lowest BCUT2D eigenvalue weighted by molar-refractivity contribution is 0.0136. The van der Waals surface area contributed by atoms with Gasteiger partial charge in [0, 0.05) is 25.7 Å². The SMILES string of the molecule is COCC1(c2ccc(OC)c(C=O)c2)CCOCC1. The molecule has 0 radical (unpaired) electrons. The number of aldehydes is 1. The zero-order valence-corrected chi connectivity index (χ0v) is 11.5. The monoisotopic (exact) mass is 264 g/mol. The van der Waals surface area contributed by atoms with E-state index in [1.165, 1.54) is 0 Å². The minimum Gasteiger partial charge on any atom is -0.496 e. The van der Waals surface area contributed by atoms with E-state index >= 15 is 0 Å². The van der Waals surface area contributed by atoms with Gasteiger partial charge in [-0.2, -0.15) is 0 Å². The van der Waals surface area contributed by atoms with Crippen molar-refractivity contribution < 1.29 is 19.0 Å². The standard InChI is InChI=1S/C15H20O4/c1-17-11-15(5-7-19-8-6-15)13-3-4-14(18-2)12(9-13)10-16/h3-4,9-10H,5-8,11H2,1-2H3. The average molecular weight is 264 g/mol. The molecule has 4 nitrogen and oxygen atoms in total. The van der Waals surface area contributed by atoms with Crippen molar-refractivity contribution in [3.05, 3.63) is 29.3 Å². The fourth-order valence-corrected chi connectivity index (χ4v) is 2.71. The van der Waals surface area contributed by atoms with Gasteiger partial charge in [0.15, 0.2) is 6.29 Å². The Morgan fingerprint density at radius 1 is 1.32 bits per heavy atom. The summed E-state index contributed by atoms with van der Waals surface area (Å²) in [4.78, 5) is 11.1. The molecule has 1 aromatic carbocycles. The summed E-state index contributed by atoms with van der Waals surface area (Å²) in [6.07, 6.45) is 2.65. The number of carbonyl (C=O) groups is 1. The van der Waals surface area contributed by atoms with E-state index in [-0.39, 0.29) is 5.41 Å². The van der Waals surface area contributed by atoms with Crippen LogP contribution in [0.25, 0.3) is 0 Å². The van der Waals surface area contributed by atoms with Crippen LogP contribution in [0.3, 0.4) is 0 Å². The Bertz CT molecular complexity index is 430. The van der Waals surface area contributed by atoms with E-state index in [1.807, 2.05) is 18.2 Å². The van der Waals surface area contributed by atoms with Gasteiger partial charge in [0.2, 0.25) is 0 Å². The number of hydrogen-bond donors (Lipinski definition) is 0. The number of benzene rings is 1. The summed E-state index contributed by atoms with van der Waals surface area (Å²) in [5, 5.41) is 0. The molecule has 1 aliphatic heterocycles. The first kappa shape index (κ1) is 14.0. The van der Waals surface area contributed by atoms with Gasteiger partial charge in [0.05, 0.1) is 19.3 Å². The van der Waals surface area contributed by atoms with E-state index in [4.69, 9.17) is 14.2 Å². The summed E-state index contributed by atoms with van der Waals surface area (Å²) in [7, 11) is 3.28. The van der Waals surface area contributed by atoms with Crippen LogP contribution in [0.5, 0.6) is 5.75 Å². The summed E-state index contributed by atoms with van der Waals surface area (Å²) in [5.74, 6) is 0.610. The summed E-state index contributed by atoms with van der Waals surface area (Å²) in [6.45, 7) is 2.10. The van der Waals surface area contributed by atoms with Crippen molar-refractivity contribution in [3.63, 3.8) is 0 Å². The summed E-state index contributed by atoms with van der Waals surface area (Å²) >= 11 is 0. The smallest absolute Gasteiger partial charge is 0.153 e. The molecular weight excluding hydrogens is 244 g/mol. The third-order valence-corrected chi connectivity index (χ3v) is 3.84. The van der Waals surface area contributed by atoms with Crippen LogP contribution < -0.4 is 4.74 Å². The second-order valence-corrected chi connectivity index (χ2v) is 4.90.